The summed E-state index contributed by atoms with van der Waals surface area (Å²) in [5, 5.41) is 0. The summed E-state index contributed by atoms with van der Waals surface area (Å²) >= 11 is 0. The summed E-state index contributed by atoms with van der Waals surface area (Å²) in [6.45, 7) is 3.80. The zero-order valence-electron chi connectivity index (χ0n) is 15.5. The quantitative estimate of drug-likeness (QED) is 0.630. The summed E-state index contributed by atoms with van der Waals surface area (Å²) in [6, 6.07) is 17.6. The molecule has 0 spiro atoms. The fraction of sp³-hybridized carbons (Fsp3) is 0.174. The van der Waals surface area contributed by atoms with Gasteiger partial charge in [0.15, 0.2) is 5.76 Å². The number of Topliss-reactive ketones (excluding diaryl/α,β-unsaturated/α-hetero) is 1. The van der Waals surface area contributed by atoms with Gasteiger partial charge in [-0.05, 0) is 36.8 Å². The lowest BCUT2D eigenvalue weighted by Crippen LogP contribution is -2.31. The number of carbonyl (C=O) groups is 1. The molecule has 5 rings (SSSR count). The van der Waals surface area contributed by atoms with Crippen molar-refractivity contribution in [3.05, 3.63) is 88.6 Å². The Balaban J connectivity index is 1.43. The first-order valence-corrected chi connectivity index (χ1v) is 9.23. The minimum atomic E-state index is -0.132. The average Bonchev–Trinajstić information content (AvgIpc) is 3.26. The molecular formula is C23H19NO4. The summed E-state index contributed by atoms with van der Waals surface area (Å²) < 4.78 is 17.4. The Labute approximate surface area is 162 Å². The van der Waals surface area contributed by atoms with Crippen LogP contribution in [0.4, 0.5) is 0 Å². The van der Waals surface area contributed by atoms with Gasteiger partial charge in [0.2, 0.25) is 5.78 Å². The van der Waals surface area contributed by atoms with Gasteiger partial charge in [0.1, 0.15) is 29.8 Å². The first-order valence-electron chi connectivity index (χ1n) is 9.23. The molecule has 0 amide bonds. The van der Waals surface area contributed by atoms with E-state index in [9.17, 15) is 4.79 Å². The van der Waals surface area contributed by atoms with E-state index in [-0.39, 0.29) is 11.5 Å². The molecular weight excluding hydrogens is 354 g/mol. The van der Waals surface area contributed by atoms with Crippen LogP contribution >= 0.6 is 0 Å². The number of ether oxygens (including phenoxy) is 2. The van der Waals surface area contributed by atoms with Crippen molar-refractivity contribution in [2.24, 2.45) is 0 Å². The topological polar surface area (TPSA) is 51.9 Å². The maximum Gasteiger partial charge on any atom is 0.232 e. The predicted octanol–water partition coefficient (Wildman–Crippen LogP) is 4.56. The first-order chi connectivity index (χ1) is 13.7. The van der Waals surface area contributed by atoms with Crippen molar-refractivity contribution in [2.45, 2.75) is 20.0 Å². The smallest absolute Gasteiger partial charge is 0.232 e. The van der Waals surface area contributed by atoms with Crippen LogP contribution in [-0.4, -0.2) is 17.4 Å². The molecule has 2 aliphatic heterocycles. The van der Waals surface area contributed by atoms with Crippen LogP contribution in [0.5, 0.6) is 11.5 Å². The van der Waals surface area contributed by atoms with Gasteiger partial charge in [-0.2, -0.15) is 0 Å². The molecule has 3 aromatic rings. The van der Waals surface area contributed by atoms with E-state index < -0.39 is 0 Å². The van der Waals surface area contributed by atoms with E-state index in [1.807, 2.05) is 43.3 Å². The molecule has 0 aliphatic carbocycles. The first kappa shape index (κ1) is 16.8. The number of benzene rings is 2. The normalized spacial score (nSPS) is 17.2. The van der Waals surface area contributed by atoms with Crippen LogP contribution in [0.25, 0.3) is 6.08 Å². The van der Waals surface area contributed by atoms with Gasteiger partial charge in [0, 0.05) is 19.2 Å². The molecule has 2 aliphatic rings. The molecule has 0 N–H and O–H groups in total. The summed E-state index contributed by atoms with van der Waals surface area (Å²) in [6.07, 6.45) is 1.65. The molecule has 5 heteroatoms. The van der Waals surface area contributed by atoms with Crippen LogP contribution in [0.3, 0.4) is 0 Å². The number of carbonyl (C=O) groups excluding carboxylic acids is 1. The van der Waals surface area contributed by atoms with Crippen molar-refractivity contribution in [3.63, 3.8) is 0 Å². The SMILES string of the molecule is Cc1ccc(/C=C2\Oc3c(ccc4c3CN(Cc3ccccc3)CO4)C2=O)o1. The standard InChI is InChI=1S/C23H19NO4/c1-15-7-8-17(27-15)11-21-22(25)18-9-10-20-19(23(18)28-21)13-24(14-26-20)12-16-5-3-2-4-6-16/h2-11H,12-14H2,1H3/b21-11-. The fourth-order valence-corrected chi connectivity index (χ4v) is 3.61. The molecule has 0 saturated heterocycles. The van der Waals surface area contributed by atoms with Crippen LogP contribution in [0.2, 0.25) is 0 Å². The van der Waals surface area contributed by atoms with Gasteiger partial charge in [-0.1, -0.05) is 30.3 Å². The maximum absolute atomic E-state index is 12.8. The van der Waals surface area contributed by atoms with E-state index in [0.717, 1.165) is 23.6 Å². The minimum absolute atomic E-state index is 0.132. The predicted molar refractivity (Wildman–Crippen MR) is 104 cm³/mol. The van der Waals surface area contributed by atoms with Crippen LogP contribution in [0.15, 0.2) is 64.8 Å². The molecule has 0 unspecified atom stereocenters. The third kappa shape index (κ3) is 3.00. The molecule has 0 atom stereocenters. The minimum Gasteiger partial charge on any atom is -0.478 e. The van der Waals surface area contributed by atoms with Gasteiger partial charge < -0.3 is 13.9 Å². The van der Waals surface area contributed by atoms with Crippen molar-refractivity contribution in [1.29, 1.82) is 0 Å². The number of furan rings is 1. The van der Waals surface area contributed by atoms with Crippen LogP contribution in [0.1, 0.15) is 33.0 Å². The zero-order chi connectivity index (χ0) is 19.1. The van der Waals surface area contributed by atoms with E-state index in [4.69, 9.17) is 13.9 Å². The van der Waals surface area contributed by atoms with Gasteiger partial charge in [0.05, 0.1) is 11.1 Å². The monoisotopic (exact) mass is 373 g/mol. The Kier molecular flexibility index (Phi) is 4.02. The molecule has 0 fully saturated rings. The molecule has 0 radical (unpaired) electrons. The Hall–Kier alpha value is -3.31. The second kappa shape index (κ2) is 6.69. The zero-order valence-corrected chi connectivity index (χ0v) is 15.5. The molecule has 0 bridgehead atoms. The summed E-state index contributed by atoms with van der Waals surface area (Å²) in [5.41, 5.74) is 2.69. The second-order valence-corrected chi connectivity index (χ2v) is 7.05. The lowest BCUT2D eigenvalue weighted by molar-refractivity contribution is 0.0873. The highest BCUT2D eigenvalue weighted by molar-refractivity contribution is 6.14. The number of fused-ring (bicyclic) bond motifs is 3. The van der Waals surface area contributed by atoms with Crippen molar-refractivity contribution < 1.29 is 18.7 Å². The van der Waals surface area contributed by atoms with Gasteiger partial charge >= 0.3 is 0 Å². The van der Waals surface area contributed by atoms with Crippen molar-refractivity contribution in [2.75, 3.05) is 6.73 Å². The average molecular weight is 373 g/mol. The van der Waals surface area contributed by atoms with E-state index in [1.54, 1.807) is 12.1 Å². The maximum atomic E-state index is 12.8. The number of ketones is 1. The van der Waals surface area contributed by atoms with Crippen molar-refractivity contribution in [3.8, 4) is 11.5 Å². The molecule has 0 saturated carbocycles. The van der Waals surface area contributed by atoms with Crippen LogP contribution in [-0.2, 0) is 13.1 Å². The molecule has 5 nitrogen and oxygen atoms in total. The highest BCUT2D eigenvalue weighted by Crippen LogP contribution is 2.42. The Morgan fingerprint density at radius 2 is 1.93 bits per heavy atom. The number of aryl methyl sites for hydroxylation is 1. The molecule has 3 heterocycles. The number of hydrogen-bond acceptors (Lipinski definition) is 5. The number of hydrogen-bond donors (Lipinski definition) is 0. The lowest BCUT2D eigenvalue weighted by Gasteiger charge is -2.29. The van der Waals surface area contributed by atoms with E-state index in [2.05, 4.69) is 17.0 Å². The lowest BCUT2D eigenvalue weighted by atomic mass is 10.0. The van der Waals surface area contributed by atoms with Crippen LogP contribution in [0, 0.1) is 6.92 Å². The third-order valence-corrected chi connectivity index (χ3v) is 4.97. The highest BCUT2D eigenvalue weighted by Gasteiger charge is 2.33. The molecule has 1 aromatic heterocycles. The summed E-state index contributed by atoms with van der Waals surface area (Å²) in [4.78, 5) is 15.0. The van der Waals surface area contributed by atoms with Gasteiger partial charge in [-0.3, -0.25) is 9.69 Å². The van der Waals surface area contributed by atoms with E-state index >= 15 is 0 Å². The number of rotatable bonds is 3. The Morgan fingerprint density at radius 3 is 2.71 bits per heavy atom. The van der Waals surface area contributed by atoms with Crippen molar-refractivity contribution >= 4 is 11.9 Å². The molecule has 28 heavy (non-hydrogen) atoms. The second-order valence-electron chi connectivity index (χ2n) is 7.05. The van der Waals surface area contributed by atoms with Gasteiger partial charge in [-0.25, -0.2) is 0 Å². The highest BCUT2D eigenvalue weighted by atomic mass is 16.5. The third-order valence-electron chi connectivity index (χ3n) is 4.97. The Bertz CT molecular complexity index is 1080. The summed E-state index contributed by atoms with van der Waals surface area (Å²) in [5.74, 6) is 2.90. The summed E-state index contributed by atoms with van der Waals surface area (Å²) in [7, 11) is 0. The van der Waals surface area contributed by atoms with Crippen LogP contribution < -0.4 is 9.47 Å². The van der Waals surface area contributed by atoms with E-state index in [1.165, 1.54) is 5.56 Å². The largest absolute Gasteiger partial charge is 0.478 e. The fourth-order valence-electron chi connectivity index (χ4n) is 3.61. The number of allylic oxidation sites excluding steroid dienone is 1. The van der Waals surface area contributed by atoms with Gasteiger partial charge in [-0.15, -0.1) is 0 Å². The number of nitrogens with zero attached hydrogens (tertiary/aromatic N) is 1. The van der Waals surface area contributed by atoms with Gasteiger partial charge in [0.25, 0.3) is 0 Å². The van der Waals surface area contributed by atoms with E-state index in [0.29, 0.717) is 30.3 Å². The Morgan fingerprint density at radius 1 is 1.07 bits per heavy atom. The molecule has 140 valence electrons. The molecule has 2 aromatic carbocycles. The van der Waals surface area contributed by atoms with Crippen molar-refractivity contribution in [1.82, 2.24) is 4.90 Å².